The second-order valence-electron chi connectivity index (χ2n) is 4.00. The van der Waals surface area contributed by atoms with Gasteiger partial charge in [0.05, 0.1) is 15.7 Å². The van der Waals surface area contributed by atoms with Crippen molar-refractivity contribution in [1.29, 1.82) is 0 Å². The Morgan fingerprint density at radius 3 is 2.26 bits per heavy atom. The van der Waals surface area contributed by atoms with Gasteiger partial charge in [-0.15, -0.1) is 0 Å². The van der Waals surface area contributed by atoms with E-state index in [1.165, 1.54) is 6.07 Å². The van der Waals surface area contributed by atoms with Crippen LogP contribution in [-0.4, -0.2) is 44.4 Å². The van der Waals surface area contributed by atoms with Gasteiger partial charge in [0.2, 0.25) is 0 Å². The van der Waals surface area contributed by atoms with Crippen molar-refractivity contribution in [3.63, 3.8) is 0 Å². The summed E-state index contributed by atoms with van der Waals surface area (Å²) in [6.07, 6.45) is 0. The van der Waals surface area contributed by atoms with Crippen molar-refractivity contribution >= 4 is 28.9 Å². The number of hydrogen-bond donors (Lipinski definition) is 5. The summed E-state index contributed by atoms with van der Waals surface area (Å²) in [5, 5.41) is 19.7. The Morgan fingerprint density at radius 2 is 1.58 bits per heavy atom. The molecule has 1 aromatic rings. The Hall–Kier alpha value is -0.720. The molecule has 0 aliphatic rings. The minimum absolute atomic E-state index is 0.0127. The van der Waals surface area contributed by atoms with Crippen LogP contribution in [0.2, 0.25) is 10.0 Å². The van der Waals surface area contributed by atoms with Crippen LogP contribution in [0.25, 0.3) is 0 Å². The normalized spacial score (nSPS) is 10.7. The maximum Gasteiger partial charge on any atom is 0.135 e. The Balaban J connectivity index is 2.17. The van der Waals surface area contributed by atoms with Crippen LogP contribution in [0.1, 0.15) is 0 Å². The zero-order valence-corrected chi connectivity index (χ0v) is 12.2. The van der Waals surface area contributed by atoms with Crippen LogP contribution in [0.3, 0.4) is 0 Å². The van der Waals surface area contributed by atoms with E-state index in [1.807, 2.05) is 0 Å². The predicted molar refractivity (Wildman–Crippen MR) is 81.4 cm³/mol. The number of nitrogens with two attached hydrogens (primary N) is 1. The molecule has 1 rings (SSSR count). The van der Waals surface area contributed by atoms with E-state index in [-0.39, 0.29) is 10.8 Å². The summed E-state index contributed by atoms with van der Waals surface area (Å²) >= 11 is 11.8. The molecular formula is C12H20Cl2N4O. The first kappa shape index (κ1) is 16.3. The zero-order valence-electron chi connectivity index (χ0n) is 10.7. The Labute approximate surface area is 123 Å². The monoisotopic (exact) mass is 306 g/mol. The van der Waals surface area contributed by atoms with Crippen LogP contribution >= 0.6 is 23.2 Å². The number of phenols is 1. The van der Waals surface area contributed by atoms with Crippen LogP contribution in [-0.2, 0) is 0 Å². The van der Waals surface area contributed by atoms with E-state index < -0.39 is 0 Å². The van der Waals surface area contributed by atoms with Crippen molar-refractivity contribution in [2.75, 3.05) is 44.6 Å². The highest BCUT2D eigenvalue weighted by atomic mass is 35.5. The van der Waals surface area contributed by atoms with E-state index >= 15 is 0 Å². The maximum atomic E-state index is 9.36. The first-order chi connectivity index (χ1) is 9.15. The number of nitrogens with one attached hydrogen (secondary N) is 3. The molecule has 0 amide bonds. The first-order valence-corrected chi connectivity index (χ1v) is 6.94. The summed E-state index contributed by atoms with van der Waals surface area (Å²) in [4.78, 5) is 0. The summed E-state index contributed by atoms with van der Waals surface area (Å²) in [6, 6.07) is 3.04. The molecule has 0 unspecified atom stereocenters. The zero-order chi connectivity index (χ0) is 14.1. The Morgan fingerprint density at radius 1 is 0.947 bits per heavy atom. The number of hydrogen-bond acceptors (Lipinski definition) is 5. The highest BCUT2D eigenvalue weighted by molar-refractivity contribution is 6.36. The minimum Gasteiger partial charge on any atom is -0.506 e. The summed E-state index contributed by atoms with van der Waals surface area (Å²) < 4.78 is 0. The second kappa shape index (κ2) is 9.23. The lowest BCUT2D eigenvalue weighted by Crippen LogP contribution is -2.32. The van der Waals surface area contributed by atoms with E-state index in [2.05, 4.69) is 16.0 Å². The molecule has 0 fully saturated rings. The predicted octanol–water partition coefficient (Wildman–Crippen LogP) is 1.25. The van der Waals surface area contributed by atoms with E-state index in [4.69, 9.17) is 28.9 Å². The van der Waals surface area contributed by atoms with Gasteiger partial charge in [-0.2, -0.15) is 0 Å². The Bertz CT molecular complexity index is 390. The molecule has 0 radical (unpaired) electrons. The second-order valence-corrected chi connectivity index (χ2v) is 4.81. The average molecular weight is 307 g/mol. The number of halogens is 2. The van der Waals surface area contributed by atoms with Crippen molar-refractivity contribution in [2.24, 2.45) is 5.73 Å². The molecule has 6 N–H and O–H groups in total. The highest BCUT2D eigenvalue weighted by Gasteiger charge is 2.05. The fourth-order valence-electron chi connectivity index (χ4n) is 1.49. The van der Waals surface area contributed by atoms with Gasteiger partial charge in [-0.05, 0) is 6.07 Å². The van der Waals surface area contributed by atoms with Crippen LogP contribution in [0.5, 0.6) is 5.75 Å². The van der Waals surface area contributed by atoms with Gasteiger partial charge < -0.3 is 26.8 Å². The van der Waals surface area contributed by atoms with Gasteiger partial charge in [0, 0.05) is 45.3 Å². The highest BCUT2D eigenvalue weighted by Crippen LogP contribution is 2.32. The van der Waals surface area contributed by atoms with E-state index in [1.54, 1.807) is 6.07 Å². The molecule has 1 aromatic carbocycles. The lowest BCUT2D eigenvalue weighted by Gasteiger charge is -2.10. The smallest absolute Gasteiger partial charge is 0.135 e. The standard InChI is InChI=1S/C12H20Cl2N4O/c13-9-8-12(19)10(14)7-11(9)18-6-5-17-4-3-16-2-1-15/h7-8,16-19H,1-6,15H2. The van der Waals surface area contributed by atoms with E-state index in [9.17, 15) is 5.11 Å². The molecule has 0 saturated heterocycles. The average Bonchev–Trinajstić information content (AvgIpc) is 2.38. The fourth-order valence-corrected chi connectivity index (χ4v) is 1.87. The van der Waals surface area contributed by atoms with Crippen LogP contribution in [0.15, 0.2) is 12.1 Å². The van der Waals surface area contributed by atoms with E-state index in [0.717, 1.165) is 32.7 Å². The van der Waals surface area contributed by atoms with Gasteiger partial charge in [0.1, 0.15) is 5.75 Å². The molecule has 7 heteroatoms. The molecule has 5 nitrogen and oxygen atoms in total. The van der Waals surface area contributed by atoms with Crippen LogP contribution in [0, 0.1) is 0 Å². The van der Waals surface area contributed by atoms with Gasteiger partial charge in [0.15, 0.2) is 0 Å². The quantitative estimate of drug-likeness (QED) is 0.350. The molecule has 0 spiro atoms. The molecule has 0 aliphatic heterocycles. The third-order valence-corrected chi connectivity index (χ3v) is 3.07. The molecular weight excluding hydrogens is 287 g/mol. The van der Waals surface area contributed by atoms with Crippen molar-refractivity contribution in [1.82, 2.24) is 10.6 Å². The lowest BCUT2D eigenvalue weighted by atomic mass is 10.3. The molecule has 0 bridgehead atoms. The van der Waals surface area contributed by atoms with Gasteiger partial charge in [0.25, 0.3) is 0 Å². The molecule has 108 valence electrons. The number of rotatable bonds is 9. The number of aromatic hydroxyl groups is 1. The molecule has 0 aliphatic carbocycles. The molecule has 0 heterocycles. The van der Waals surface area contributed by atoms with E-state index in [0.29, 0.717) is 17.3 Å². The molecule has 0 aromatic heterocycles. The summed E-state index contributed by atoms with van der Waals surface area (Å²) in [6.45, 7) is 4.79. The van der Waals surface area contributed by atoms with Crippen LogP contribution in [0.4, 0.5) is 5.69 Å². The van der Waals surface area contributed by atoms with Gasteiger partial charge >= 0.3 is 0 Å². The fraction of sp³-hybridized carbons (Fsp3) is 0.500. The largest absolute Gasteiger partial charge is 0.506 e. The summed E-state index contributed by atoms with van der Waals surface area (Å²) in [7, 11) is 0. The number of phenolic OH excluding ortho intramolecular Hbond substituents is 1. The maximum absolute atomic E-state index is 9.36. The lowest BCUT2D eigenvalue weighted by molar-refractivity contribution is 0.475. The minimum atomic E-state index is -0.0127. The number of anilines is 1. The van der Waals surface area contributed by atoms with Gasteiger partial charge in [-0.3, -0.25) is 0 Å². The Kier molecular flexibility index (Phi) is 7.93. The third kappa shape index (κ3) is 6.31. The SMILES string of the molecule is NCCNCCNCCNc1cc(Cl)c(O)cc1Cl. The topological polar surface area (TPSA) is 82.3 Å². The summed E-state index contributed by atoms with van der Waals surface area (Å²) in [5.41, 5.74) is 6.07. The first-order valence-electron chi connectivity index (χ1n) is 6.18. The molecule has 19 heavy (non-hydrogen) atoms. The van der Waals surface area contributed by atoms with Crippen molar-refractivity contribution in [3.8, 4) is 5.75 Å². The molecule has 0 atom stereocenters. The van der Waals surface area contributed by atoms with Crippen molar-refractivity contribution in [2.45, 2.75) is 0 Å². The number of benzene rings is 1. The van der Waals surface area contributed by atoms with Gasteiger partial charge in [-0.1, -0.05) is 23.2 Å². The van der Waals surface area contributed by atoms with Crippen LogP contribution < -0.4 is 21.7 Å². The van der Waals surface area contributed by atoms with Crippen molar-refractivity contribution in [3.05, 3.63) is 22.2 Å². The molecule has 0 saturated carbocycles. The van der Waals surface area contributed by atoms with Gasteiger partial charge in [-0.25, -0.2) is 0 Å². The third-order valence-electron chi connectivity index (χ3n) is 2.45. The summed E-state index contributed by atoms with van der Waals surface area (Å²) in [5.74, 6) is -0.0127. The van der Waals surface area contributed by atoms with Crippen molar-refractivity contribution < 1.29 is 5.11 Å².